The molecule has 104 valence electrons. The molecule has 1 aliphatic rings. The Kier molecular flexibility index (Phi) is 3.60. The lowest BCUT2D eigenvalue weighted by molar-refractivity contribution is -0.117. The van der Waals surface area contributed by atoms with E-state index in [1.807, 2.05) is 13.8 Å². The zero-order chi connectivity index (χ0) is 14.2. The van der Waals surface area contributed by atoms with Crippen molar-refractivity contribution in [2.75, 3.05) is 17.2 Å². The number of nitrogens with zero attached hydrogens (tertiary/aromatic N) is 2. The first-order valence-electron chi connectivity index (χ1n) is 6.01. The molecule has 0 saturated carbocycles. The summed E-state index contributed by atoms with van der Waals surface area (Å²) in [6, 6.07) is 1.78. The number of anilines is 1. The summed E-state index contributed by atoms with van der Waals surface area (Å²) in [5.41, 5.74) is 2.60. The van der Waals surface area contributed by atoms with E-state index in [1.165, 1.54) is 0 Å². The van der Waals surface area contributed by atoms with Gasteiger partial charge in [0, 0.05) is 36.5 Å². The number of sulfonamides is 1. The molecule has 0 aromatic carbocycles. The van der Waals surface area contributed by atoms with Crippen molar-refractivity contribution in [1.82, 2.24) is 4.98 Å². The van der Waals surface area contributed by atoms with Crippen LogP contribution in [0.25, 0.3) is 0 Å². The maximum absolute atomic E-state index is 12.0. The Hall–Kier alpha value is -1.47. The molecule has 1 saturated heterocycles. The maximum Gasteiger partial charge on any atom is 0.227 e. The van der Waals surface area contributed by atoms with E-state index in [0.717, 1.165) is 16.9 Å². The summed E-state index contributed by atoms with van der Waals surface area (Å²) in [5.74, 6) is -0.462. The number of rotatable bonds is 3. The zero-order valence-electron chi connectivity index (χ0n) is 11.0. The predicted molar refractivity (Wildman–Crippen MR) is 72.1 cm³/mol. The quantitative estimate of drug-likeness (QED) is 0.865. The second-order valence-electron chi connectivity index (χ2n) is 4.94. The number of aromatic nitrogens is 1. The van der Waals surface area contributed by atoms with Gasteiger partial charge in [0.05, 0.1) is 5.75 Å². The van der Waals surface area contributed by atoms with Crippen molar-refractivity contribution >= 4 is 21.6 Å². The molecule has 0 aliphatic carbocycles. The topological polar surface area (TPSA) is 93.4 Å². The average Bonchev–Trinajstić information content (AvgIpc) is 2.61. The summed E-state index contributed by atoms with van der Waals surface area (Å²) in [6.45, 7) is 4.17. The Labute approximate surface area is 112 Å². The van der Waals surface area contributed by atoms with Crippen LogP contribution in [-0.2, 0) is 14.8 Å². The van der Waals surface area contributed by atoms with Crippen LogP contribution >= 0.6 is 0 Å². The number of hydrogen-bond donors (Lipinski definition) is 1. The molecule has 1 atom stereocenters. The number of primary sulfonamides is 1. The molecule has 0 spiro atoms. The van der Waals surface area contributed by atoms with Gasteiger partial charge < -0.3 is 4.90 Å². The van der Waals surface area contributed by atoms with Gasteiger partial charge in [-0.3, -0.25) is 9.78 Å². The second-order valence-corrected chi connectivity index (χ2v) is 6.60. The minimum Gasteiger partial charge on any atom is -0.312 e. The number of nitrogens with two attached hydrogens (primary N) is 1. The van der Waals surface area contributed by atoms with Gasteiger partial charge in [0.25, 0.3) is 0 Å². The number of pyridine rings is 1. The lowest BCUT2D eigenvalue weighted by atomic mass is 10.1. The van der Waals surface area contributed by atoms with Crippen molar-refractivity contribution < 1.29 is 13.2 Å². The molecule has 1 aromatic rings. The SMILES string of the molecule is Cc1nccc(N2CC(CS(N)(=O)=O)CC2=O)c1C. The van der Waals surface area contributed by atoms with Crippen LogP contribution in [0.3, 0.4) is 0 Å². The predicted octanol–water partition coefficient (Wildman–Crippen LogP) is 0.340. The molecule has 7 heteroatoms. The minimum absolute atomic E-state index is 0.0673. The van der Waals surface area contributed by atoms with E-state index in [1.54, 1.807) is 17.2 Å². The first kappa shape index (κ1) is 14.0. The van der Waals surface area contributed by atoms with E-state index in [0.29, 0.717) is 6.54 Å². The van der Waals surface area contributed by atoms with Crippen molar-refractivity contribution in [3.8, 4) is 0 Å². The van der Waals surface area contributed by atoms with Crippen LogP contribution in [-0.4, -0.2) is 31.6 Å². The average molecular weight is 283 g/mol. The van der Waals surface area contributed by atoms with Crippen molar-refractivity contribution in [1.29, 1.82) is 0 Å². The van der Waals surface area contributed by atoms with Crippen LogP contribution < -0.4 is 10.0 Å². The van der Waals surface area contributed by atoms with Crippen LogP contribution in [0.2, 0.25) is 0 Å². The molecule has 1 amide bonds. The summed E-state index contributed by atoms with van der Waals surface area (Å²) < 4.78 is 22.2. The standard InChI is InChI=1S/C12H17N3O3S/c1-8-9(2)14-4-3-11(8)15-6-10(5-12(15)16)7-19(13,17)18/h3-4,10H,5-7H2,1-2H3,(H2,13,17,18). The molecular formula is C12H17N3O3S. The third kappa shape index (κ3) is 3.10. The molecule has 1 aliphatic heterocycles. The van der Waals surface area contributed by atoms with Gasteiger partial charge in [0.1, 0.15) is 0 Å². The molecular weight excluding hydrogens is 266 g/mol. The number of aryl methyl sites for hydroxylation is 1. The van der Waals surface area contributed by atoms with Crippen LogP contribution in [0.15, 0.2) is 12.3 Å². The smallest absolute Gasteiger partial charge is 0.227 e. The zero-order valence-corrected chi connectivity index (χ0v) is 11.8. The normalized spacial score (nSPS) is 20.1. The van der Waals surface area contributed by atoms with Crippen molar-refractivity contribution in [2.24, 2.45) is 11.1 Å². The Bertz CT molecular complexity index is 613. The number of amides is 1. The number of hydrogen-bond acceptors (Lipinski definition) is 4. The Balaban J connectivity index is 2.23. The molecule has 2 N–H and O–H groups in total. The fraction of sp³-hybridized carbons (Fsp3) is 0.500. The van der Waals surface area contributed by atoms with Gasteiger partial charge in [-0.25, -0.2) is 13.6 Å². The largest absolute Gasteiger partial charge is 0.312 e. The Morgan fingerprint density at radius 2 is 2.16 bits per heavy atom. The summed E-state index contributed by atoms with van der Waals surface area (Å²) in [4.78, 5) is 17.8. The lowest BCUT2D eigenvalue weighted by Crippen LogP contribution is -2.28. The summed E-state index contributed by atoms with van der Waals surface area (Å²) in [6.07, 6.45) is 1.87. The highest BCUT2D eigenvalue weighted by Gasteiger charge is 2.33. The maximum atomic E-state index is 12.0. The van der Waals surface area contributed by atoms with Gasteiger partial charge in [-0.05, 0) is 25.5 Å². The summed E-state index contributed by atoms with van der Waals surface area (Å²) in [7, 11) is -3.55. The number of carbonyl (C=O) groups is 1. The fourth-order valence-electron chi connectivity index (χ4n) is 2.37. The highest BCUT2D eigenvalue weighted by molar-refractivity contribution is 7.89. The van der Waals surface area contributed by atoms with Crippen molar-refractivity contribution in [2.45, 2.75) is 20.3 Å². The third-order valence-corrected chi connectivity index (χ3v) is 4.33. The number of carbonyl (C=O) groups excluding carboxylic acids is 1. The van der Waals surface area contributed by atoms with Gasteiger partial charge in [0.2, 0.25) is 15.9 Å². The molecule has 0 bridgehead atoms. The Morgan fingerprint density at radius 1 is 1.47 bits per heavy atom. The van der Waals surface area contributed by atoms with E-state index in [-0.39, 0.29) is 24.0 Å². The Morgan fingerprint density at radius 3 is 2.79 bits per heavy atom. The monoisotopic (exact) mass is 283 g/mol. The first-order chi connectivity index (χ1) is 8.78. The molecule has 1 unspecified atom stereocenters. The van der Waals surface area contributed by atoms with E-state index in [2.05, 4.69) is 4.98 Å². The highest BCUT2D eigenvalue weighted by Crippen LogP contribution is 2.28. The minimum atomic E-state index is -3.55. The van der Waals surface area contributed by atoms with Gasteiger partial charge in [0.15, 0.2) is 0 Å². The molecule has 6 nitrogen and oxygen atoms in total. The van der Waals surface area contributed by atoms with E-state index < -0.39 is 10.0 Å². The first-order valence-corrected chi connectivity index (χ1v) is 7.72. The van der Waals surface area contributed by atoms with Crippen molar-refractivity contribution in [3.63, 3.8) is 0 Å². The lowest BCUT2D eigenvalue weighted by Gasteiger charge is -2.19. The van der Waals surface area contributed by atoms with Crippen molar-refractivity contribution in [3.05, 3.63) is 23.5 Å². The second kappa shape index (κ2) is 4.90. The van der Waals surface area contributed by atoms with E-state index in [9.17, 15) is 13.2 Å². The molecule has 1 aromatic heterocycles. The van der Waals surface area contributed by atoms with Gasteiger partial charge in [-0.2, -0.15) is 0 Å². The van der Waals surface area contributed by atoms with Gasteiger partial charge in [-0.1, -0.05) is 0 Å². The summed E-state index contributed by atoms with van der Waals surface area (Å²) >= 11 is 0. The molecule has 1 fully saturated rings. The molecule has 19 heavy (non-hydrogen) atoms. The molecule has 2 heterocycles. The molecule has 2 rings (SSSR count). The van der Waals surface area contributed by atoms with E-state index >= 15 is 0 Å². The van der Waals surface area contributed by atoms with E-state index in [4.69, 9.17) is 5.14 Å². The van der Waals surface area contributed by atoms with Gasteiger partial charge >= 0.3 is 0 Å². The van der Waals surface area contributed by atoms with Crippen LogP contribution in [0.4, 0.5) is 5.69 Å². The highest BCUT2D eigenvalue weighted by atomic mass is 32.2. The van der Waals surface area contributed by atoms with Crippen LogP contribution in [0, 0.1) is 19.8 Å². The summed E-state index contributed by atoms with van der Waals surface area (Å²) in [5, 5.41) is 5.03. The molecule has 0 radical (unpaired) electrons. The van der Waals surface area contributed by atoms with Crippen LogP contribution in [0.1, 0.15) is 17.7 Å². The third-order valence-electron chi connectivity index (χ3n) is 3.39. The fourth-order valence-corrected chi connectivity index (χ4v) is 3.25. The van der Waals surface area contributed by atoms with Crippen LogP contribution in [0.5, 0.6) is 0 Å². The van der Waals surface area contributed by atoms with Gasteiger partial charge in [-0.15, -0.1) is 0 Å².